The molecule has 0 radical (unpaired) electrons. The summed E-state index contributed by atoms with van der Waals surface area (Å²) in [6.45, 7) is 2.09. The SMILES string of the molecule is COC(=O)C1(N)CCSC(C)C1. The Hall–Kier alpha value is -0.220. The molecule has 70 valence electrons. The molecule has 1 saturated heterocycles. The summed E-state index contributed by atoms with van der Waals surface area (Å²) in [5.41, 5.74) is 5.19. The van der Waals surface area contributed by atoms with E-state index in [1.54, 1.807) is 0 Å². The average Bonchev–Trinajstić information content (AvgIpc) is 2.02. The summed E-state index contributed by atoms with van der Waals surface area (Å²) in [5.74, 6) is 0.682. The van der Waals surface area contributed by atoms with Gasteiger partial charge in [0, 0.05) is 5.25 Å². The number of ether oxygens (including phenoxy) is 1. The lowest BCUT2D eigenvalue weighted by Gasteiger charge is -2.33. The quantitative estimate of drug-likeness (QED) is 0.619. The molecule has 4 heteroatoms. The van der Waals surface area contributed by atoms with Gasteiger partial charge >= 0.3 is 5.97 Å². The van der Waals surface area contributed by atoms with E-state index in [0.717, 1.165) is 18.6 Å². The smallest absolute Gasteiger partial charge is 0.325 e. The van der Waals surface area contributed by atoms with Crippen LogP contribution in [0.5, 0.6) is 0 Å². The Labute approximate surface area is 77.0 Å². The van der Waals surface area contributed by atoms with Gasteiger partial charge in [-0.3, -0.25) is 4.79 Å². The lowest BCUT2D eigenvalue weighted by Crippen LogP contribution is -2.52. The molecule has 3 nitrogen and oxygen atoms in total. The molecule has 1 heterocycles. The molecule has 1 aliphatic heterocycles. The number of nitrogens with two attached hydrogens (primary N) is 1. The van der Waals surface area contributed by atoms with Gasteiger partial charge in [0.05, 0.1) is 7.11 Å². The van der Waals surface area contributed by atoms with Crippen LogP contribution in [0.3, 0.4) is 0 Å². The normalized spacial score (nSPS) is 36.1. The van der Waals surface area contributed by atoms with Gasteiger partial charge in [0.2, 0.25) is 0 Å². The molecule has 1 fully saturated rings. The molecule has 12 heavy (non-hydrogen) atoms. The molecule has 2 N–H and O–H groups in total. The first-order valence-electron chi connectivity index (χ1n) is 4.07. The first kappa shape index (κ1) is 9.86. The molecule has 0 amide bonds. The summed E-state index contributed by atoms with van der Waals surface area (Å²) in [6.07, 6.45) is 1.46. The van der Waals surface area contributed by atoms with Crippen LogP contribution in [0.25, 0.3) is 0 Å². The number of rotatable bonds is 1. The van der Waals surface area contributed by atoms with Gasteiger partial charge in [0.15, 0.2) is 0 Å². The second kappa shape index (κ2) is 3.66. The zero-order valence-corrected chi connectivity index (χ0v) is 8.32. The van der Waals surface area contributed by atoms with Crippen molar-refractivity contribution in [3.05, 3.63) is 0 Å². The predicted molar refractivity (Wildman–Crippen MR) is 50.1 cm³/mol. The lowest BCUT2D eigenvalue weighted by atomic mass is 9.91. The highest BCUT2D eigenvalue weighted by Crippen LogP contribution is 2.31. The molecule has 0 aromatic carbocycles. The Kier molecular flexibility index (Phi) is 3.01. The van der Waals surface area contributed by atoms with Crippen molar-refractivity contribution in [3.8, 4) is 0 Å². The third-order valence-corrected chi connectivity index (χ3v) is 3.37. The highest BCUT2D eigenvalue weighted by atomic mass is 32.2. The molecular weight excluding hydrogens is 174 g/mol. The molecule has 0 aromatic rings. The number of thioether (sulfide) groups is 1. The third kappa shape index (κ3) is 1.93. The van der Waals surface area contributed by atoms with E-state index in [4.69, 9.17) is 5.73 Å². The van der Waals surface area contributed by atoms with Crippen molar-refractivity contribution in [1.82, 2.24) is 0 Å². The standard InChI is InChI=1S/C8H15NO2S/c1-6-5-8(9,3-4-12-6)7(10)11-2/h6H,3-5,9H2,1-2H3. The van der Waals surface area contributed by atoms with Crippen molar-refractivity contribution < 1.29 is 9.53 Å². The molecule has 0 aliphatic carbocycles. The summed E-state index contributed by atoms with van der Waals surface area (Å²) in [5, 5.41) is 0.461. The van der Waals surface area contributed by atoms with E-state index in [1.807, 2.05) is 11.8 Å². The fourth-order valence-electron chi connectivity index (χ4n) is 1.50. The van der Waals surface area contributed by atoms with E-state index >= 15 is 0 Å². The molecular formula is C8H15NO2S. The molecule has 1 aliphatic rings. The van der Waals surface area contributed by atoms with Gasteiger partial charge in [-0.05, 0) is 18.6 Å². The van der Waals surface area contributed by atoms with Crippen molar-refractivity contribution in [1.29, 1.82) is 0 Å². The first-order valence-corrected chi connectivity index (χ1v) is 5.12. The van der Waals surface area contributed by atoms with Crippen LogP contribution in [0.2, 0.25) is 0 Å². The second-order valence-electron chi connectivity index (χ2n) is 3.28. The second-order valence-corrected chi connectivity index (χ2v) is 4.83. The summed E-state index contributed by atoms with van der Waals surface area (Å²) < 4.78 is 4.67. The Morgan fingerprint density at radius 2 is 2.42 bits per heavy atom. The minimum Gasteiger partial charge on any atom is -0.468 e. The van der Waals surface area contributed by atoms with Crippen molar-refractivity contribution in [2.24, 2.45) is 5.73 Å². The molecule has 2 unspecified atom stereocenters. The Morgan fingerprint density at radius 3 is 2.92 bits per heavy atom. The molecule has 0 saturated carbocycles. The van der Waals surface area contributed by atoms with E-state index in [0.29, 0.717) is 5.25 Å². The Bertz CT molecular complexity index is 186. The zero-order chi connectivity index (χ0) is 9.19. The Balaban J connectivity index is 2.63. The van der Waals surface area contributed by atoms with Crippen LogP contribution in [0.15, 0.2) is 0 Å². The lowest BCUT2D eigenvalue weighted by molar-refractivity contribution is -0.147. The van der Waals surface area contributed by atoms with E-state index < -0.39 is 5.54 Å². The maximum Gasteiger partial charge on any atom is 0.325 e. The highest BCUT2D eigenvalue weighted by Gasteiger charge is 2.39. The summed E-state index contributed by atoms with van der Waals surface area (Å²) in [6, 6.07) is 0. The van der Waals surface area contributed by atoms with E-state index in [2.05, 4.69) is 11.7 Å². The zero-order valence-electron chi connectivity index (χ0n) is 7.50. The molecule has 0 aromatic heterocycles. The van der Waals surface area contributed by atoms with Crippen LogP contribution < -0.4 is 5.73 Å². The van der Waals surface area contributed by atoms with E-state index in [-0.39, 0.29) is 5.97 Å². The monoisotopic (exact) mass is 189 g/mol. The maximum atomic E-state index is 11.3. The predicted octanol–water partition coefficient (Wildman–Crippen LogP) is 0.772. The van der Waals surface area contributed by atoms with Crippen LogP contribution in [0.4, 0.5) is 0 Å². The third-order valence-electron chi connectivity index (χ3n) is 2.19. The van der Waals surface area contributed by atoms with Crippen molar-refractivity contribution in [3.63, 3.8) is 0 Å². The van der Waals surface area contributed by atoms with Gasteiger partial charge in [-0.15, -0.1) is 0 Å². The van der Waals surface area contributed by atoms with E-state index in [1.165, 1.54) is 7.11 Å². The molecule has 2 atom stereocenters. The van der Waals surface area contributed by atoms with Gasteiger partial charge in [0.25, 0.3) is 0 Å². The highest BCUT2D eigenvalue weighted by molar-refractivity contribution is 7.99. The number of carbonyl (C=O) groups is 1. The van der Waals surface area contributed by atoms with Crippen LogP contribution in [0, 0.1) is 0 Å². The van der Waals surface area contributed by atoms with Crippen molar-refractivity contribution >= 4 is 17.7 Å². The summed E-state index contributed by atoms with van der Waals surface area (Å²) in [7, 11) is 1.39. The minimum absolute atomic E-state index is 0.269. The molecule has 1 rings (SSSR count). The number of hydrogen-bond acceptors (Lipinski definition) is 4. The van der Waals surface area contributed by atoms with Gasteiger partial charge in [-0.25, -0.2) is 0 Å². The number of methoxy groups -OCH3 is 1. The maximum absolute atomic E-state index is 11.3. The minimum atomic E-state index is -0.723. The molecule has 0 spiro atoms. The number of carbonyl (C=O) groups excluding carboxylic acids is 1. The van der Waals surface area contributed by atoms with Crippen LogP contribution in [0.1, 0.15) is 19.8 Å². The first-order chi connectivity index (χ1) is 5.58. The Morgan fingerprint density at radius 1 is 1.75 bits per heavy atom. The van der Waals surface area contributed by atoms with Gasteiger partial charge in [0.1, 0.15) is 5.54 Å². The topological polar surface area (TPSA) is 52.3 Å². The summed E-state index contributed by atoms with van der Waals surface area (Å²) in [4.78, 5) is 11.3. The average molecular weight is 189 g/mol. The van der Waals surface area contributed by atoms with E-state index in [9.17, 15) is 4.79 Å². The number of esters is 1. The van der Waals surface area contributed by atoms with Gasteiger partial charge < -0.3 is 10.5 Å². The summed E-state index contributed by atoms with van der Waals surface area (Å²) >= 11 is 1.86. The fraction of sp³-hybridized carbons (Fsp3) is 0.875. The number of hydrogen-bond donors (Lipinski definition) is 1. The van der Waals surface area contributed by atoms with Gasteiger partial charge in [-0.2, -0.15) is 11.8 Å². The van der Waals surface area contributed by atoms with Gasteiger partial charge in [-0.1, -0.05) is 6.92 Å². The van der Waals surface area contributed by atoms with Crippen molar-refractivity contribution in [2.45, 2.75) is 30.6 Å². The van der Waals surface area contributed by atoms with Crippen LogP contribution >= 0.6 is 11.8 Å². The fourth-order valence-corrected chi connectivity index (χ4v) is 2.80. The van der Waals surface area contributed by atoms with Crippen molar-refractivity contribution in [2.75, 3.05) is 12.9 Å². The van der Waals surface area contributed by atoms with Crippen LogP contribution in [-0.4, -0.2) is 29.6 Å². The molecule has 0 bridgehead atoms. The van der Waals surface area contributed by atoms with Crippen LogP contribution in [-0.2, 0) is 9.53 Å². The largest absolute Gasteiger partial charge is 0.468 e.